The molecule has 8 heteroatoms. The van der Waals surface area contributed by atoms with Gasteiger partial charge in [-0.1, -0.05) is 11.2 Å². The van der Waals surface area contributed by atoms with Gasteiger partial charge in [-0.25, -0.2) is 9.59 Å². The Bertz CT molecular complexity index is 699. The maximum atomic E-state index is 11.8. The van der Waals surface area contributed by atoms with E-state index in [4.69, 9.17) is 4.42 Å². The summed E-state index contributed by atoms with van der Waals surface area (Å²) in [6.07, 6.45) is 1.30. The molecule has 0 aliphatic heterocycles. The molecule has 8 nitrogen and oxygen atoms in total. The number of oxime groups is 1. The first-order chi connectivity index (χ1) is 10.5. The van der Waals surface area contributed by atoms with Gasteiger partial charge in [0.2, 0.25) is 5.71 Å². The van der Waals surface area contributed by atoms with Gasteiger partial charge in [0, 0.05) is 0 Å². The third-order valence-corrected chi connectivity index (χ3v) is 2.58. The van der Waals surface area contributed by atoms with Crippen LogP contribution in [-0.4, -0.2) is 35.0 Å². The number of phenolic OH excluding ortho intramolecular Hbond substituents is 2. The van der Waals surface area contributed by atoms with E-state index in [2.05, 4.69) is 14.7 Å². The molecule has 2 aromatic rings. The highest BCUT2D eigenvalue weighted by atomic mass is 16.7. The molecule has 2 N–H and O–H groups in total. The Labute approximate surface area is 124 Å². The molecule has 0 unspecified atom stereocenters. The predicted molar refractivity (Wildman–Crippen MR) is 72.4 cm³/mol. The number of methoxy groups -OCH3 is 1. The number of esters is 1. The van der Waals surface area contributed by atoms with E-state index < -0.39 is 29.0 Å². The minimum atomic E-state index is -1.15. The second-order valence-corrected chi connectivity index (χ2v) is 3.96. The van der Waals surface area contributed by atoms with Gasteiger partial charge in [-0.2, -0.15) is 0 Å². The van der Waals surface area contributed by atoms with Crippen LogP contribution in [0.5, 0.6) is 11.5 Å². The number of nitrogens with zero attached hydrogens (tertiary/aromatic N) is 1. The van der Waals surface area contributed by atoms with E-state index in [1.165, 1.54) is 36.6 Å². The first-order valence-corrected chi connectivity index (χ1v) is 5.97. The summed E-state index contributed by atoms with van der Waals surface area (Å²) in [6, 6.07) is 6.64. The number of aromatic hydroxyl groups is 2. The van der Waals surface area contributed by atoms with Crippen LogP contribution in [0.15, 0.2) is 46.2 Å². The van der Waals surface area contributed by atoms with Crippen LogP contribution in [-0.2, 0) is 14.4 Å². The molecule has 0 fully saturated rings. The smallest absolute Gasteiger partial charge is 0.373 e. The largest absolute Gasteiger partial charge is 0.507 e. The number of rotatable bonds is 4. The molecule has 0 aliphatic carbocycles. The molecule has 0 aliphatic rings. The summed E-state index contributed by atoms with van der Waals surface area (Å²) in [4.78, 5) is 28.0. The van der Waals surface area contributed by atoms with Crippen molar-refractivity contribution in [3.63, 3.8) is 0 Å². The molecule has 114 valence electrons. The van der Waals surface area contributed by atoms with Gasteiger partial charge >= 0.3 is 11.9 Å². The fourth-order valence-electron chi connectivity index (χ4n) is 1.56. The van der Waals surface area contributed by atoms with Crippen LogP contribution < -0.4 is 0 Å². The molecular weight excluding hydrogens is 294 g/mol. The van der Waals surface area contributed by atoms with Crippen LogP contribution in [0, 0.1) is 0 Å². The number of hydrogen-bond donors (Lipinski definition) is 2. The van der Waals surface area contributed by atoms with Gasteiger partial charge in [-0.15, -0.1) is 0 Å². The Hall–Kier alpha value is -3.29. The Balaban J connectivity index is 2.28. The minimum Gasteiger partial charge on any atom is -0.507 e. The zero-order valence-corrected chi connectivity index (χ0v) is 11.3. The van der Waals surface area contributed by atoms with Crippen LogP contribution in [0.2, 0.25) is 0 Å². The van der Waals surface area contributed by atoms with E-state index >= 15 is 0 Å². The summed E-state index contributed by atoms with van der Waals surface area (Å²) in [7, 11) is 1.12. The number of furan rings is 1. The lowest BCUT2D eigenvalue weighted by Gasteiger charge is -2.04. The number of benzene rings is 1. The number of carbonyl (C=O) groups excluding carboxylic acids is 2. The molecule has 0 spiro atoms. The third-order valence-electron chi connectivity index (χ3n) is 2.58. The predicted octanol–water partition coefficient (Wildman–Crippen LogP) is 1.42. The summed E-state index contributed by atoms with van der Waals surface area (Å²) < 4.78 is 9.48. The second kappa shape index (κ2) is 6.44. The van der Waals surface area contributed by atoms with E-state index in [0.29, 0.717) is 0 Å². The summed E-state index contributed by atoms with van der Waals surface area (Å²) in [5, 5.41) is 22.5. The van der Waals surface area contributed by atoms with E-state index in [1.807, 2.05) is 0 Å². The maximum Gasteiger partial charge on any atom is 0.373 e. The lowest BCUT2D eigenvalue weighted by molar-refractivity contribution is -0.132. The summed E-state index contributed by atoms with van der Waals surface area (Å²) in [6.45, 7) is 0. The minimum absolute atomic E-state index is 0.0288. The Kier molecular flexibility index (Phi) is 4.42. The summed E-state index contributed by atoms with van der Waals surface area (Å²) >= 11 is 0. The zero-order chi connectivity index (χ0) is 16.1. The molecule has 2 rings (SSSR count). The van der Waals surface area contributed by atoms with Crippen molar-refractivity contribution < 1.29 is 33.8 Å². The van der Waals surface area contributed by atoms with Gasteiger partial charge in [-0.05, 0) is 24.3 Å². The summed E-state index contributed by atoms with van der Waals surface area (Å²) in [5.41, 5.74) is -0.856. The van der Waals surface area contributed by atoms with Gasteiger partial charge < -0.3 is 24.2 Å². The van der Waals surface area contributed by atoms with Crippen molar-refractivity contribution in [2.75, 3.05) is 7.11 Å². The zero-order valence-electron chi connectivity index (χ0n) is 11.3. The van der Waals surface area contributed by atoms with Crippen LogP contribution >= 0.6 is 0 Å². The molecule has 0 radical (unpaired) electrons. The van der Waals surface area contributed by atoms with E-state index in [0.717, 1.165) is 7.11 Å². The number of hydrogen-bond acceptors (Lipinski definition) is 8. The Morgan fingerprint density at radius 3 is 2.36 bits per heavy atom. The topological polar surface area (TPSA) is 119 Å². The number of ether oxygens (including phenoxy) is 1. The average Bonchev–Trinajstić information content (AvgIpc) is 3.01. The van der Waals surface area contributed by atoms with Crippen molar-refractivity contribution in [2.24, 2.45) is 5.16 Å². The third kappa shape index (κ3) is 3.06. The normalized spacial score (nSPS) is 11.0. The molecular formula is C14H11NO7. The Morgan fingerprint density at radius 1 is 1.14 bits per heavy atom. The van der Waals surface area contributed by atoms with Crippen molar-refractivity contribution in [1.82, 2.24) is 0 Å². The van der Waals surface area contributed by atoms with E-state index in [9.17, 15) is 19.8 Å². The quantitative estimate of drug-likeness (QED) is 0.379. The highest BCUT2D eigenvalue weighted by Crippen LogP contribution is 2.27. The van der Waals surface area contributed by atoms with Crippen molar-refractivity contribution in [3.05, 3.63) is 47.9 Å². The van der Waals surface area contributed by atoms with Gasteiger partial charge in [0.1, 0.15) is 17.1 Å². The molecule has 0 atom stereocenters. The van der Waals surface area contributed by atoms with Gasteiger partial charge in [0.25, 0.3) is 0 Å². The molecule has 0 saturated carbocycles. The lowest BCUT2D eigenvalue weighted by atomic mass is 10.2. The fourth-order valence-corrected chi connectivity index (χ4v) is 1.56. The van der Waals surface area contributed by atoms with Crippen molar-refractivity contribution in [3.8, 4) is 11.5 Å². The van der Waals surface area contributed by atoms with Crippen molar-refractivity contribution in [2.45, 2.75) is 0 Å². The van der Waals surface area contributed by atoms with Gasteiger partial charge in [0.15, 0.2) is 5.76 Å². The molecule has 1 aromatic carbocycles. The van der Waals surface area contributed by atoms with Gasteiger partial charge in [-0.3, -0.25) is 0 Å². The SMILES string of the molecule is COC(=O)C(=NOC(=O)c1c(O)cccc1O)c1ccco1. The van der Waals surface area contributed by atoms with Crippen molar-refractivity contribution >= 4 is 17.7 Å². The Morgan fingerprint density at radius 2 is 1.82 bits per heavy atom. The first-order valence-electron chi connectivity index (χ1n) is 5.97. The molecule has 0 bridgehead atoms. The van der Waals surface area contributed by atoms with E-state index in [1.54, 1.807) is 0 Å². The standard InChI is InChI=1S/C14H11NO7/c1-20-14(19)12(10-6-3-7-21-10)15-22-13(18)11-8(16)4-2-5-9(11)17/h2-7,16-17H,1H3. The molecule has 0 amide bonds. The van der Waals surface area contributed by atoms with Gasteiger partial charge in [0.05, 0.1) is 13.4 Å². The van der Waals surface area contributed by atoms with Crippen LogP contribution in [0.1, 0.15) is 16.1 Å². The molecule has 22 heavy (non-hydrogen) atoms. The highest BCUT2D eigenvalue weighted by Gasteiger charge is 2.22. The number of phenols is 2. The van der Waals surface area contributed by atoms with Crippen LogP contribution in [0.4, 0.5) is 0 Å². The monoisotopic (exact) mass is 305 g/mol. The lowest BCUT2D eigenvalue weighted by Crippen LogP contribution is -2.18. The van der Waals surface area contributed by atoms with Crippen LogP contribution in [0.3, 0.4) is 0 Å². The van der Waals surface area contributed by atoms with Crippen molar-refractivity contribution in [1.29, 1.82) is 0 Å². The fraction of sp³-hybridized carbons (Fsp3) is 0.0714. The average molecular weight is 305 g/mol. The van der Waals surface area contributed by atoms with Crippen LogP contribution in [0.25, 0.3) is 0 Å². The maximum absolute atomic E-state index is 11.8. The second-order valence-electron chi connectivity index (χ2n) is 3.96. The molecule has 1 heterocycles. The highest BCUT2D eigenvalue weighted by molar-refractivity contribution is 6.42. The molecule has 1 aromatic heterocycles. The summed E-state index contributed by atoms with van der Waals surface area (Å²) in [5.74, 6) is -2.98. The van der Waals surface area contributed by atoms with E-state index in [-0.39, 0.29) is 11.5 Å². The molecule has 0 saturated heterocycles. The first kappa shape index (κ1) is 15.1. The number of carbonyl (C=O) groups is 2.